The highest BCUT2D eigenvalue weighted by Gasteiger charge is 2.04. The van der Waals surface area contributed by atoms with E-state index in [0.717, 1.165) is 0 Å². The fraction of sp³-hybridized carbons (Fsp3) is 0. The second-order valence-electron chi connectivity index (χ2n) is 1.62. The van der Waals surface area contributed by atoms with Gasteiger partial charge in [0.2, 0.25) is 0 Å². The van der Waals surface area contributed by atoms with E-state index in [-0.39, 0.29) is 0 Å². The summed E-state index contributed by atoms with van der Waals surface area (Å²) < 4.78 is 34.4. The molecule has 0 aliphatic carbocycles. The second-order valence-corrected chi connectivity index (χ2v) is 2.43. The molecule has 14 heteroatoms. The number of carbonyl (C=O) groups is 4. The van der Waals surface area contributed by atoms with E-state index in [1.165, 1.54) is 0 Å². The summed E-state index contributed by atoms with van der Waals surface area (Å²) in [4.78, 5) is 36.4. The summed E-state index contributed by atoms with van der Waals surface area (Å²) in [5.41, 5.74) is 0. The lowest BCUT2D eigenvalue weighted by atomic mass is 10.7. The van der Waals surface area contributed by atoms with E-state index in [4.69, 9.17) is 39.6 Å². The Morgan fingerprint density at radius 2 is 0.889 bits per heavy atom. The Bertz CT molecular complexity index is 273. The molecule has 0 radical (unpaired) electrons. The first-order valence-corrected chi connectivity index (χ1v) is 4.36. The van der Waals surface area contributed by atoms with Crippen molar-refractivity contribution in [3.8, 4) is 0 Å². The number of carboxylic acids is 4. The van der Waals surface area contributed by atoms with Crippen molar-refractivity contribution >= 4 is 32.1 Å². The molecule has 0 bridgehead atoms. The predicted molar refractivity (Wildman–Crippen MR) is 43.9 cm³/mol. The average molecular weight is 298 g/mol. The Morgan fingerprint density at radius 1 is 0.722 bits per heavy atom. The summed E-state index contributed by atoms with van der Waals surface area (Å²) >= 11 is 0. The van der Waals surface area contributed by atoms with E-state index in [2.05, 4.69) is 9.46 Å². The molecule has 0 aliphatic heterocycles. The van der Waals surface area contributed by atoms with Crippen molar-refractivity contribution in [2.24, 2.45) is 0 Å². The van der Waals surface area contributed by atoms with Gasteiger partial charge in [-0.15, -0.1) is 9.46 Å². The molecule has 0 aromatic carbocycles. The maximum atomic E-state index is 10.3. The Labute approximate surface area is 95.9 Å². The van der Waals surface area contributed by atoms with Gasteiger partial charge in [0.05, 0.1) is 0 Å². The van der Waals surface area contributed by atoms with Crippen LogP contribution in [0.1, 0.15) is 0 Å². The lowest BCUT2D eigenvalue weighted by molar-refractivity contribution is -0.159. The maximum Gasteiger partial charge on any atom is 0.414 e. The van der Waals surface area contributed by atoms with Crippen LogP contribution < -0.4 is 0 Å². The first-order valence-electron chi connectivity index (χ1n) is 3.13. The Hall–Kier alpha value is -2.11. The molecule has 0 aliphatic rings. The Morgan fingerprint density at radius 3 is 0.889 bits per heavy atom. The van der Waals surface area contributed by atoms with Gasteiger partial charge in [0.15, 0.2) is 0 Å². The molecular weight excluding hydrogens is 293 g/mol. The highest BCUT2D eigenvalue weighted by atomic mass is 31.1. The second kappa shape index (κ2) is 13.0. The van der Waals surface area contributed by atoms with Gasteiger partial charge in [-0.1, -0.05) is 0 Å². The smallest absolute Gasteiger partial charge is 0.414 e. The normalized spacial score (nSPS) is 8.17. The monoisotopic (exact) mass is 298 g/mol. The summed E-state index contributed by atoms with van der Waals surface area (Å²) in [6.45, 7) is 0. The van der Waals surface area contributed by atoms with E-state index in [1.54, 1.807) is 0 Å². The molecule has 0 unspecified atom stereocenters. The molecule has 0 atom stereocenters. The lowest BCUT2D eigenvalue weighted by Crippen LogP contribution is -2.09. The third kappa shape index (κ3) is 23.6. The Balaban J connectivity index is -0.000000187. The van der Waals surface area contributed by atoms with Gasteiger partial charge in [0, 0.05) is 0 Å². The zero-order valence-electron chi connectivity index (χ0n) is 7.90. The van der Waals surface area contributed by atoms with Crippen molar-refractivity contribution < 1.29 is 62.7 Å². The van der Waals surface area contributed by atoms with Crippen LogP contribution in [-0.4, -0.2) is 44.3 Å². The van der Waals surface area contributed by atoms with Gasteiger partial charge in [-0.2, -0.15) is 0 Å². The number of aliphatic carboxylic acids is 4. The summed E-state index contributed by atoms with van der Waals surface area (Å²) in [6, 6.07) is 0. The number of halogens is 2. The topological polar surface area (TPSA) is 185 Å². The quantitative estimate of drug-likeness (QED) is 0.380. The molecule has 0 saturated carbocycles. The highest BCUT2D eigenvalue weighted by Crippen LogP contribution is 2.23. The van der Waals surface area contributed by atoms with Crippen molar-refractivity contribution in [2.75, 3.05) is 0 Å². The molecule has 0 aromatic rings. The zero-order valence-corrected chi connectivity index (χ0v) is 8.90. The van der Waals surface area contributed by atoms with Crippen LogP contribution in [0.2, 0.25) is 0 Å². The predicted octanol–water partition coefficient (Wildman–Crippen LogP) is -0.510. The Kier molecular flexibility index (Phi) is 15.3. The van der Waals surface area contributed by atoms with Crippen LogP contribution >= 0.6 is 8.25 Å². The van der Waals surface area contributed by atoms with Crippen LogP contribution in [0.5, 0.6) is 0 Å². The average Bonchev–Trinajstić information content (AvgIpc) is 2.29. The van der Waals surface area contributed by atoms with Gasteiger partial charge in [-0.3, -0.25) is 4.57 Å². The van der Waals surface area contributed by atoms with Gasteiger partial charge in [-0.05, 0) is 9.05 Å². The standard InChI is InChI=1S/2C2H2O4.F2HO3P/c2*3-1(4)2(5)6;1-4-6(3)5-2/h2*(H,3,4)(H,5,6);6H. The van der Waals surface area contributed by atoms with Crippen LogP contribution in [0.4, 0.5) is 9.05 Å². The van der Waals surface area contributed by atoms with Crippen LogP contribution in [-0.2, 0) is 33.2 Å². The minimum atomic E-state index is -3.45. The van der Waals surface area contributed by atoms with Crippen molar-refractivity contribution in [3.05, 3.63) is 0 Å². The lowest BCUT2D eigenvalue weighted by Gasteiger charge is -1.77. The fourth-order valence-electron chi connectivity index (χ4n) is 0.0119. The molecule has 4 N–H and O–H groups in total. The largest absolute Gasteiger partial charge is 0.473 e. The van der Waals surface area contributed by atoms with Crippen molar-refractivity contribution in [2.45, 2.75) is 0 Å². The number of rotatable bonds is 2. The first-order chi connectivity index (χ1) is 8.09. The van der Waals surface area contributed by atoms with Crippen LogP contribution in [0.3, 0.4) is 0 Å². The first kappa shape index (κ1) is 21.2. The molecule has 0 saturated heterocycles. The van der Waals surface area contributed by atoms with E-state index in [0.29, 0.717) is 0 Å². The number of hydrogen-bond donors (Lipinski definition) is 4. The van der Waals surface area contributed by atoms with Crippen molar-refractivity contribution in [1.29, 1.82) is 0 Å². The van der Waals surface area contributed by atoms with E-state index >= 15 is 0 Å². The molecule has 18 heavy (non-hydrogen) atoms. The minimum Gasteiger partial charge on any atom is -0.473 e. The molecular formula is C4H5F2O11P. The number of hydrogen-bond acceptors (Lipinski definition) is 7. The fourth-order valence-corrected chi connectivity index (χ4v) is 0.0357. The summed E-state index contributed by atoms with van der Waals surface area (Å²) in [7, 11) is -3.45. The van der Waals surface area contributed by atoms with E-state index < -0.39 is 32.1 Å². The summed E-state index contributed by atoms with van der Waals surface area (Å²) in [6.07, 6.45) is 0. The SMILES string of the molecule is O=C(O)C(=O)O.O=C(O)C(=O)O.O=[PH](OF)OF. The van der Waals surface area contributed by atoms with Crippen LogP contribution in [0.15, 0.2) is 0 Å². The molecule has 0 fully saturated rings. The van der Waals surface area contributed by atoms with E-state index in [9.17, 15) is 13.6 Å². The zero-order chi connectivity index (χ0) is 15.3. The third-order valence-electron chi connectivity index (χ3n) is 0.492. The van der Waals surface area contributed by atoms with Crippen molar-refractivity contribution in [3.63, 3.8) is 0 Å². The van der Waals surface area contributed by atoms with Crippen molar-refractivity contribution in [1.82, 2.24) is 0 Å². The van der Waals surface area contributed by atoms with Gasteiger partial charge < -0.3 is 20.4 Å². The van der Waals surface area contributed by atoms with Gasteiger partial charge in [0.1, 0.15) is 0 Å². The molecule has 0 rings (SSSR count). The minimum absolute atomic E-state index is 1.82. The molecule has 0 amide bonds. The third-order valence-corrected chi connectivity index (χ3v) is 0.744. The van der Waals surface area contributed by atoms with Gasteiger partial charge in [-0.25, -0.2) is 19.2 Å². The van der Waals surface area contributed by atoms with Crippen LogP contribution in [0.25, 0.3) is 0 Å². The molecule has 11 nitrogen and oxygen atoms in total. The summed E-state index contributed by atoms with van der Waals surface area (Å²) in [5, 5.41) is 29.6. The molecule has 106 valence electrons. The highest BCUT2D eigenvalue weighted by molar-refractivity contribution is 7.32. The van der Waals surface area contributed by atoms with Gasteiger partial charge in [0.25, 0.3) is 0 Å². The molecule has 0 aromatic heterocycles. The number of carboxylic acid groups (broad SMARTS) is 4. The van der Waals surface area contributed by atoms with Gasteiger partial charge >= 0.3 is 32.1 Å². The summed E-state index contributed by atoms with van der Waals surface area (Å²) in [5.74, 6) is -7.30. The maximum absolute atomic E-state index is 10.3. The van der Waals surface area contributed by atoms with E-state index in [1.807, 2.05) is 0 Å². The molecule has 0 spiro atoms. The molecule has 0 heterocycles. The van der Waals surface area contributed by atoms with Crippen LogP contribution in [0, 0.1) is 0 Å².